The van der Waals surface area contributed by atoms with Crippen LogP contribution in [-0.4, -0.2) is 85.3 Å². The van der Waals surface area contributed by atoms with Crippen LogP contribution in [0.4, 0.5) is 46.6 Å². The van der Waals surface area contributed by atoms with E-state index < -0.39 is 37.3 Å². The van der Waals surface area contributed by atoms with Crippen molar-refractivity contribution in [2.45, 2.75) is 52.0 Å². The highest BCUT2D eigenvalue weighted by molar-refractivity contribution is 5.98. The first-order valence-electron chi connectivity index (χ1n) is 14.5. The lowest BCUT2D eigenvalue weighted by Crippen LogP contribution is -2.43. The Kier molecular flexibility index (Phi) is 14.2. The molecule has 284 valence electrons. The largest absolute Gasteiger partial charge is 0.490 e. The van der Waals surface area contributed by atoms with Gasteiger partial charge in [-0.25, -0.2) is 28.3 Å². The Morgan fingerprint density at radius 2 is 1.52 bits per heavy atom. The van der Waals surface area contributed by atoms with Crippen LogP contribution in [0, 0.1) is 6.92 Å². The van der Waals surface area contributed by atoms with E-state index in [9.17, 15) is 39.9 Å². The molecule has 0 saturated carbocycles. The zero-order valence-corrected chi connectivity index (χ0v) is 27.9. The summed E-state index contributed by atoms with van der Waals surface area (Å²) >= 11 is 0. The number of nitrogens with zero attached hydrogens (tertiary/aromatic N) is 4. The number of nitrogens with one attached hydrogen (secondary N) is 2. The fraction of sp³-hybridized carbons (Fsp3) is 0.355. The predicted molar refractivity (Wildman–Crippen MR) is 168 cm³/mol. The van der Waals surface area contributed by atoms with Gasteiger partial charge in [0.2, 0.25) is 0 Å². The van der Waals surface area contributed by atoms with Crippen LogP contribution in [-0.2, 0) is 21.4 Å². The minimum Gasteiger partial charge on any atom is -0.487 e. The molecule has 2 heterocycles. The number of rotatable bonds is 9. The summed E-state index contributed by atoms with van der Waals surface area (Å²) in [5.74, 6) is -4.25. The Hall–Kier alpha value is -5.76. The Bertz CT molecular complexity index is 1830. The van der Waals surface area contributed by atoms with Gasteiger partial charge in [0, 0.05) is 24.3 Å². The summed E-state index contributed by atoms with van der Waals surface area (Å²) in [7, 11) is 1.78. The molecular weight excluding hydrogens is 720 g/mol. The predicted octanol–water partition coefficient (Wildman–Crippen LogP) is 6.29. The highest BCUT2D eigenvalue weighted by atomic mass is 19.4. The molecule has 4 rings (SSSR count). The molecule has 13 nitrogen and oxygen atoms in total. The van der Waals surface area contributed by atoms with E-state index in [-0.39, 0.29) is 23.8 Å². The molecule has 0 bridgehead atoms. The molecule has 0 aliphatic rings. The maximum atomic E-state index is 13.0. The van der Waals surface area contributed by atoms with Crippen molar-refractivity contribution >= 4 is 40.3 Å². The van der Waals surface area contributed by atoms with E-state index in [1.807, 2.05) is 26.8 Å². The summed E-state index contributed by atoms with van der Waals surface area (Å²) in [6, 6.07) is 10.6. The second-order valence-corrected chi connectivity index (χ2v) is 11.5. The number of amides is 1. The molecule has 21 heteroatoms. The molecular formula is C31H32F8N6O7. The maximum absolute atomic E-state index is 13.0. The lowest BCUT2D eigenvalue weighted by atomic mass is 10.1. The minimum atomic E-state index is -5.08. The van der Waals surface area contributed by atoms with E-state index >= 15 is 0 Å². The van der Waals surface area contributed by atoms with Crippen LogP contribution in [0.3, 0.4) is 0 Å². The van der Waals surface area contributed by atoms with Crippen molar-refractivity contribution in [3.05, 3.63) is 54.4 Å². The van der Waals surface area contributed by atoms with E-state index in [0.717, 1.165) is 0 Å². The van der Waals surface area contributed by atoms with E-state index in [4.69, 9.17) is 39.2 Å². The fourth-order valence-electron chi connectivity index (χ4n) is 3.80. The quantitative estimate of drug-likeness (QED) is 0.141. The fourth-order valence-corrected chi connectivity index (χ4v) is 3.80. The molecule has 0 saturated heterocycles. The topological polar surface area (TPSA) is 178 Å². The molecule has 0 spiro atoms. The van der Waals surface area contributed by atoms with Crippen molar-refractivity contribution in [3.8, 4) is 22.9 Å². The van der Waals surface area contributed by atoms with Crippen molar-refractivity contribution < 1.29 is 69.2 Å². The molecule has 52 heavy (non-hydrogen) atoms. The SMILES string of the molecule is Cc1ccc2nc(-c3cccc(OCC(=O)NC(C)(C)C)c3)nc(Nc3cnn(C)c3)c2c1OCC(F)F.O=C(O)C(F)(F)F.O=C(O)C(F)(F)F. The molecule has 1 amide bonds. The number of anilines is 2. The Morgan fingerprint density at radius 3 is 2.02 bits per heavy atom. The number of ether oxygens (including phenoxy) is 2. The Balaban J connectivity index is 0.000000564. The number of aryl methyl sites for hydroxylation is 2. The summed E-state index contributed by atoms with van der Waals surface area (Å²) < 4.78 is 102. The molecule has 0 aliphatic heterocycles. The number of fused-ring (bicyclic) bond motifs is 1. The van der Waals surface area contributed by atoms with Gasteiger partial charge in [-0.3, -0.25) is 9.48 Å². The van der Waals surface area contributed by atoms with Gasteiger partial charge in [-0.05, 0) is 51.5 Å². The normalized spacial score (nSPS) is 11.5. The van der Waals surface area contributed by atoms with E-state index in [0.29, 0.717) is 45.1 Å². The van der Waals surface area contributed by atoms with Crippen LogP contribution >= 0.6 is 0 Å². The number of carboxylic acids is 2. The number of carbonyl (C=O) groups is 3. The van der Waals surface area contributed by atoms with E-state index in [1.165, 1.54) is 0 Å². The van der Waals surface area contributed by atoms with Gasteiger partial charge in [-0.15, -0.1) is 0 Å². The average Bonchev–Trinajstić information content (AvgIpc) is 3.42. The highest BCUT2D eigenvalue weighted by Gasteiger charge is 2.39. The van der Waals surface area contributed by atoms with Gasteiger partial charge in [0.1, 0.15) is 23.9 Å². The van der Waals surface area contributed by atoms with Crippen LogP contribution in [0.2, 0.25) is 0 Å². The van der Waals surface area contributed by atoms with Gasteiger partial charge in [-0.1, -0.05) is 18.2 Å². The van der Waals surface area contributed by atoms with Crippen LogP contribution < -0.4 is 20.1 Å². The first-order chi connectivity index (χ1) is 23.9. The van der Waals surface area contributed by atoms with Gasteiger partial charge in [0.15, 0.2) is 12.4 Å². The first kappa shape index (κ1) is 42.4. The third kappa shape index (κ3) is 13.9. The number of aliphatic carboxylic acids is 2. The second kappa shape index (κ2) is 17.4. The number of carbonyl (C=O) groups excluding carboxylic acids is 1. The van der Waals surface area contributed by atoms with Crippen molar-refractivity contribution in [1.82, 2.24) is 25.1 Å². The van der Waals surface area contributed by atoms with Gasteiger partial charge in [0.25, 0.3) is 12.3 Å². The van der Waals surface area contributed by atoms with Gasteiger partial charge in [0.05, 0.1) is 22.8 Å². The number of carboxylic acid groups (broad SMARTS) is 2. The number of alkyl halides is 8. The minimum absolute atomic E-state index is 0.142. The molecule has 0 radical (unpaired) electrons. The molecule has 4 N–H and O–H groups in total. The molecule has 0 unspecified atom stereocenters. The summed E-state index contributed by atoms with van der Waals surface area (Å²) in [6.07, 6.45) is -9.41. The number of benzene rings is 2. The lowest BCUT2D eigenvalue weighted by molar-refractivity contribution is -0.193. The Labute approximate surface area is 289 Å². The highest BCUT2D eigenvalue weighted by Crippen LogP contribution is 2.37. The van der Waals surface area contributed by atoms with Crippen molar-refractivity contribution in [2.75, 3.05) is 18.5 Å². The van der Waals surface area contributed by atoms with Crippen molar-refractivity contribution in [3.63, 3.8) is 0 Å². The zero-order chi connectivity index (χ0) is 39.6. The Morgan fingerprint density at radius 1 is 0.923 bits per heavy atom. The second-order valence-electron chi connectivity index (χ2n) is 11.5. The van der Waals surface area contributed by atoms with Crippen LogP contribution in [0.1, 0.15) is 26.3 Å². The number of hydrogen-bond acceptors (Lipinski definition) is 9. The van der Waals surface area contributed by atoms with Crippen LogP contribution in [0.5, 0.6) is 11.5 Å². The lowest BCUT2D eigenvalue weighted by Gasteiger charge is -2.20. The number of hydrogen-bond donors (Lipinski definition) is 4. The molecule has 4 aromatic rings. The smallest absolute Gasteiger partial charge is 0.487 e. The van der Waals surface area contributed by atoms with Crippen molar-refractivity contribution in [1.29, 1.82) is 0 Å². The first-order valence-corrected chi connectivity index (χ1v) is 14.5. The molecule has 2 aromatic heterocycles. The summed E-state index contributed by atoms with van der Waals surface area (Å²) in [4.78, 5) is 39.4. The standard InChI is InChI=1S/C27H30F2N6O3.2C2HF3O2/c1-16-9-10-20-23(24(16)38-14-21(28)29)26(31-18-12-30-35(5)13-18)33-25(32-20)17-7-6-8-19(11-17)37-15-22(36)34-27(2,3)4;2*3-2(4,5)1(6)7/h6-13,21H,14-15H2,1-5H3,(H,34,36)(H,31,32,33);2*(H,6,7). The summed E-state index contributed by atoms with van der Waals surface area (Å²) in [5, 5.41) is 25.0. The monoisotopic (exact) mass is 752 g/mol. The van der Waals surface area contributed by atoms with Crippen LogP contribution in [0.15, 0.2) is 48.8 Å². The van der Waals surface area contributed by atoms with Crippen LogP contribution in [0.25, 0.3) is 22.3 Å². The number of aromatic nitrogens is 4. The maximum Gasteiger partial charge on any atom is 0.490 e. The third-order valence-corrected chi connectivity index (χ3v) is 5.80. The molecule has 0 atom stereocenters. The average molecular weight is 753 g/mol. The molecule has 0 aliphatic carbocycles. The van der Waals surface area contributed by atoms with Gasteiger partial charge < -0.3 is 30.3 Å². The molecule has 2 aromatic carbocycles. The third-order valence-electron chi connectivity index (χ3n) is 5.80. The van der Waals surface area contributed by atoms with Gasteiger partial charge in [-0.2, -0.15) is 31.4 Å². The molecule has 0 fully saturated rings. The van der Waals surface area contributed by atoms with E-state index in [2.05, 4.69) is 15.7 Å². The van der Waals surface area contributed by atoms with Crippen molar-refractivity contribution in [2.24, 2.45) is 7.05 Å². The van der Waals surface area contributed by atoms with E-state index in [1.54, 1.807) is 61.4 Å². The summed E-state index contributed by atoms with van der Waals surface area (Å²) in [5.41, 5.74) is 2.11. The number of halogens is 8. The summed E-state index contributed by atoms with van der Waals surface area (Å²) in [6.45, 7) is 6.56. The van der Waals surface area contributed by atoms with Gasteiger partial charge >= 0.3 is 24.3 Å². The zero-order valence-electron chi connectivity index (χ0n) is 27.9.